The van der Waals surface area contributed by atoms with Gasteiger partial charge in [-0.25, -0.2) is 9.36 Å². The molecule has 0 saturated carbocycles. The zero-order valence-corrected chi connectivity index (χ0v) is 27.3. The van der Waals surface area contributed by atoms with E-state index in [-0.39, 0.29) is 17.4 Å². The molecule has 15 heteroatoms. The van der Waals surface area contributed by atoms with E-state index in [1.165, 1.54) is 40.2 Å². The van der Waals surface area contributed by atoms with Gasteiger partial charge in [0.2, 0.25) is 5.91 Å². The van der Waals surface area contributed by atoms with Crippen LogP contribution in [0, 0.1) is 13.8 Å². The number of amides is 2. The van der Waals surface area contributed by atoms with E-state index in [2.05, 4.69) is 5.32 Å². The number of carbonyl (C=O) groups excluding carboxylic acids is 3. The van der Waals surface area contributed by atoms with Gasteiger partial charge in [0, 0.05) is 57.3 Å². The van der Waals surface area contributed by atoms with Crippen LogP contribution < -0.4 is 20.7 Å². The molecule has 0 unspecified atom stereocenters. The molecule has 1 saturated heterocycles. The Labute approximate surface area is 271 Å². The first kappa shape index (κ1) is 33.5. The van der Waals surface area contributed by atoms with E-state index in [1.807, 2.05) is 30.7 Å². The van der Waals surface area contributed by atoms with Crippen molar-refractivity contribution in [2.75, 3.05) is 17.3 Å². The maximum Gasteiger partial charge on any atom is 0.352 e. The number of rotatable bonds is 13. The summed E-state index contributed by atoms with van der Waals surface area (Å²) in [4.78, 5) is 51.7. The van der Waals surface area contributed by atoms with E-state index in [9.17, 15) is 29.4 Å². The second-order valence-corrected chi connectivity index (χ2v) is 14.0. The SMILES string of the molecule is Cc1c(SCC2=C(C(=O)O)N3C(=O)[C@@H](NC(=O)CSc4cc(Cl)ccc4Cl)[C@H]3SC2)cc[n+](CCC[C@H](N)C(=O)[O-])c1C. The molecule has 0 bridgehead atoms. The molecule has 2 amide bonds. The molecule has 0 aliphatic carbocycles. The number of pyridine rings is 1. The fourth-order valence-electron chi connectivity index (χ4n) is 4.69. The lowest BCUT2D eigenvalue weighted by atomic mass is 10.0. The van der Waals surface area contributed by atoms with Gasteiger partial charge in [0.25, 0.3) is 5.91 Å². The highest BCUT2D eigenvalue weighted by molar-refractivity contribution is 8.01. The highest BCUT2D eigenvalue weighted by Gasteiger charge is 2.54. The number of fused-ring (bicyclic) bond motifs is 1. The summed E-state index contributed by atoms with van der Waals surface area (Å²) in [7, 11) is 0. The van der Waals surface area contributed by atoms with Crippen molar-refractivity contribution < 1.29 is 34.0 Å². The zero-order valence-electron chi connectivity index (χ0n) is 23.3. The highest BCUT2D eigenvalue weighted by atomic mass is 35.5. The first-order valence-corrected chi connectivity index (χ1v) is 17.0. The van der Waals surface area contributed by atoms with Gasteiger partial charge in [0.05, 0.1) is 16.7 Å². The molecule has 2 aliphatic rings. The number of carboxylic acids is 2. The molecule has 1 fully saturated rings. The summed E-state index contributed by atoms with van der Waals surface area (Å²) in [5, 5.41) is 24.1. The van der Waals surface area contributed by atoms with Crippen LogP contribution in [0.15, 0.2) is 51.5 Å². The Hall–Kier alpha value is -2.42. The first-order valence-electron chi connectivity index (χ1n) is 13.2. The van der Waals surface area contributed by atoms with Crippen LogP contribution in [0.2, 0.25) is 10.0 Å². The Kier molecular flexibility index (Phi) is 11.3. The Bertz CT molecular complexity index is 1490. The minimum Gasteiger partial charge on any atom is -0.548 e. The van der Waals surface area contributed by atoms with Gasteiger partial charge in [0.1, 0.15) is 23.7 Å². The third kappa shape index (κ3) is 7.81. The largest absolute Gasteiger partial charge is 0.548 e. The summed E-state index contributed by atoms with van der Waals surface area (Å²) in [6, 6.07) is 5.09. The second kappa shape index (κ2) is 14.6. The maximum atomic E-state index is 13.0. The highest BCUT2D eigenvalue weighted by Crippen LogP contribution is 2.42. The molecular formula is C28H30Cl2N4O6S3. The van der Waals surface area contributed by atoms with E-state index < -0.39 is 35.3 Å². The minimum atomic E-state index is -1.26. The second-order valence-electron chi connectivity index (χ2n) is 10.0. The topological polar surface area (TPSA) is 157 Å². The lowest BCUT2D eigenvalue weighted by molar-refractivity contribution is -0.703. The predicted molar refractivity (Wildman–Crippen MR) is 166 cm³/mol. The number of halogens is 2. The molecular weight excluding hydrogens is 655 g/mol. The summed E-state index contributed by atoms with van der Waals surface area (Å²) in [5.74, 6) is -2.46. The lowest BCUT2D eigenvalue weighted by Crippen LogP contribution is -2.70. The maximum absolute atomic E-state index is 13.0. The Morgan fingerprint density at radius 3 is 2.67 bits per heavy atom. The smallest absolute Gasteiger partial charge is 0.352 e. The summed E-state index contributed by atoms with van der Waals surface area (Å²) in [6.07, 6.45) is 2.81. The van der Waals surface area contributed by atoms with E-state index in [0.29, 0.717) is 51.4 Å². The van der Waals surface area contributed by atoms with Crippen molar-refractivity contribution in [3.63, 3.8) is 0 Å². The first-order chi connectivity index (χ1) is 20.4. The van der Waals surface area contributed by atoms with Crippen LogP contribution in [-0.2, 0) is 25.7 Å². The fraction of sp³-hybridized carbons (Fsp3) is 0.393. The monoisotopic (exact) mass is 684 g/mol. The molecule has 2 aromatic rings. The van der Waals surface area contributed by atoms with Gasteiger partial charge in [-0.15, -0.1) is 35.3 Å². The van der Waals surface area contributed by atoms with Gasteiger partial charge >= 0.3 is 5.97 Å². The van der Waals surface area contributed by atoms with Crippen molar-refractivity contribution in [1.82, 2.24) is 10.2 Å². The molecule has 3 atom stereocenters. The van der Waals surface area contributed by atoms with Gasteiger partial charge in [-0.3, -0.25) is 14.5 Å². The van der Waals surface area contributed by atoms with E-state index in [0.717, 1.165) is 16.2 Å². The van der Waals surface area contributed by atoms with Crippen LogP contribution in [0.25, 0.3) is 0 Å². The summed E-state index contributed by atoms with van der Waals surface area (Å²) < 4.78 is 2.03. The van der Waals surface area contributed by atoms with Gasteiger partial charge in [-0.05, 0) is 37.1 Å². The third-order valence-corrected chi connectivity index (χ3v) is 11.5. The number of aromatic nitrogens is 1. The van der Waals surface area contributed by atoms with Crippen LogP contribution in [0.1, 0.15) is 24.1 Å². The van der Waals surface area contributed by atoms with Crippen molar-refractivity contribution in [3.05, 3.63) is 63.0 Å². The molecule has 1 aromatic heterocycles. The van der Waals surface area contributed by atoms with Crippen molar-refractivity contribution >= 4 is 82.2 Å². The normalized spacial score (nSPS) is 18.6. The van der Waals surface area contributed by atoms with E-state index >= 15 is 0 Å². The number of nitrogens with zero attached hydrogens (tertiary/aromatic N) is 2. The molecule has 0 spiro atoms. The zero-order chi connectivity index (χ0) is 31.4. The van der Waals surface area contributed by atoms with Gasteiger partial charge in [-0.1, -0.05) is 23.2 Å². The van der Waals surface area contributed by atoms with Crippen molar-refractivity contribution in [3.8, 4) is 0 Å². The summed E-state index contributed by atoms with van der Waals surface area (Å²) in [5.41, 5.74) is 8.17. The molecule has 0 radical (unpaired) electrons. The number of hydrogen-bond donors (Lipinski definition) is 3. The predicted octanol–water partition coefficient (Wildman–Crippen LogP) is 2.38. The molecule has 1 aromatic carbocycles. The van der Waals surface area contributed by atoms with Gasteiger partial charge < -0.3 is 26.1 Å². The number of nitrogens with one attached hydrogen (secondary N) is 1. The lowest BCUT2D eigenvalue weighted by Gasteiger charge is -2.49. The number of nitrogens with two attached hydrogens (primary N) is 1. The minimum absolute atomic E-state index is 0.0218. The van der Waals surface area contributed by atoms with Crippen LogP contribution in [0.4, 0.5) is 0 Å². The number of carbonyl (C=O) groups is 4. The number of aliphatic carboxylic acids is 2. The van der Waals surface area contributed by atoms with Crippen molar-refractivity contribution in [2.24, 2.45) is 5.73 Å². The molecule has 43 heavy (non-hydrogen) atoms. The fourth-order valence-corrected chi connectivity index (χ4v) is 8.56. The van der Waals surface area contributed by atoms with E-state index in [4.69, 9.17) is 28.9 Å². The molecule has 2 aliphatic heterocycles. The van der Waals surface area contributed by atoms with Crippen LogP contribution in [-0.4, -0.2) is 68.5 Å². The average Bonchev–Trinajstić information content (AvgIpc) is 2.97. The molecule has 10 nitrogen and oxygen atoms in total. The van der Waals surface area contributed by atoms with Gasteiger partial charge in [-0.2, -0.15) is 0 Å². The quantitative estimate of drug-likeness (QED) is 0.163. The molecule has 230 valence electrons. The Balaban J connectivity index is 1.37. The van der Waals surface area contributed by atoms with Crippen LogP contribution in [0.3, 0.4) is 0 Å². The Morgan fingerprint density at radius 1 is 1.23 bits per heavy atom. The number of benzene rings is 1. The van der Waals surface area contributed by atoms with Gasteiger partial charge in [0.15, 0.2) is 11.9 Å². The van der Waals surface area contributed by atoms with Crippen LogP contribution >= 0.6 is 58.5 Å². The van der Waals surface area contributed by atoms with E-state index in [1.54, 1.807) is 18.2 Å². The number of hydrogen-bond acceptors (Lipinski definition) is 9. The summed E-state index contributed by atoms with van der Waals surface area (Å²) >= 11 is 16.3. The number of β-lactam (4-membered cyclic amide) rings is 1. The average molecular weight is 686 g/mol. The third-order valence-electron chi connectivity index (χ3n) is 7.19. The standard InChI is InChI=1S/C28H30Cl2N4O6S3/c1-14-15(2)33(8-3-4-19(31)27(37)38)9-7-20(14)41-11-16-12-43-26-23(25(36)34(26)24(16)28(39)40)32-22(35)13-42-21-10-17(29)5-6-18(21)30/h5-7,9-10,19,23,26H,3-4,8,11-13,31H2,1-2H3,(H2-,32,35,37,38,39,40)/t19-,23+,26+/m0/s1. The number of carboxylic acid groups (broad SMARTS) is 2. The Morgan fingerprint density at radius 2 is 1.98 bits per heavy atom. The molecule has 3 heterocycles. The van der Waals surface area contributed by atoms with Crippen molar-refractivity contribution in [1.29, 1.82) is 0 Å². The number of aryl methyl sites for hydroxylation is 1. The van der Waals surface area contributed by atoms with Crippen molar-refractivity contribution in [2.45, 2.75) is 60.5 Å². The number of thioether (sulfide) groups is 3. The molecule has 4 N–H and O–H groups in total. The molecule has 4 rings (SSSR count). The van der Waals surface area contributed by atoms with Crippen LogP contribution in [0.5, 0.6) is 0 Å². The summed E-state index contributed by atoms with van der Waals surface area (Å²) in [6.45, 7) is 4.55.